The third-order valence-electron chi connectivity index (χ3n) is 2.54. The van der Waals surface area contributed by atoms with E-state index in [4.69, 9.17) is 23.2 Å². The summed E-state index contributed by atoms with van der Waals surface area (Å²) in [5.41, 5.74) is 1.08. The molecule has 0 spiro atoms. The third kappa shape index (κ3) is 3.04. The van der Waals surface area contributed by atoms with Crippen LogP contribution in [-0.4, -0.2) is 17.5 Å². The summed E-state index contributed by atoms with van der Waals surface area (Å²) in [5, 5.41) is 4.82. The second-order valence-corrected chi connectivity index (χ2v) is 5.59. The number of rotatable bonds is 3. The first-order chi connectivity index (χ1) is 7.27. The van der Waals surface area contributed by atoms with Gasteiger partial charge >= 0.3 is 0 Å². The molecule has 1 N–H and O–H groups in total. The summed E-state index contributed by atoms with van der Waals surface area (Å²) in [5.74, 6) is 2.47. The maximum atomic E-state index is 6.10. The molecular formula is C11H13Cl2NS. The number of benzene rings is 1. The van der Waals surface area contributed by atoms with Crippen molar-refractivity contribution in [2.75, 3.05) is 11.5 Å². The quantitative estimate of drug-likeness (QED) is 0.893. The highest BCUT2D eigenvalue weighted by molar-refractivity contribution is 7.99. The van der Waals surface area contributed by atoms with Crippen molar-refractivity contribution in [1.82, 2.24) is 5.32 Å². The van der Waals surface area contributed by atoms with Crippen LogP contribution in [0.3, 0.4) is 0 Å². The van der Waals surface area contributed by atoms with Gasteiger partial charge < -0.3 is 5.32 Å². The van der Waals surface area contributed by atoms with Crippen molar-refractivity contribution in [2.24, 2.45) is 0 Å². The number of thioether (sulfide) groups is 1. The van der Waals surface area contributed by atoms with Crippen molar-refractivity contribution in [2.45, 2.75) is 19.0 Å². The predicted octanol–water partition coefficient (Wildman–Crippen LogP) is 3.59. The van der Waals surface area contributed by atoms with Gasteiger partial charge in [-0.1, -0.05) is 35.3 Å². The molecule has 1 aromatic carbocycles. The van der Waals surface area contributed by atoms with Crippen LogP contribution in [0.1, 0.15) is 12.0 Å². The Bertz CT molecular complexity index is 337. The zero-order valence-electron chi connectivity index (χ0n) is 8.30. The Balaban J connectivity index is 1.95. The molecule has 2 rings (SSSR count). The van der Waals surface area contributed by atoms with E-state index in [-0.39, 0.29) is 0 Å². The van der Waals surface area contributed by atoms with Gasteiger partial charge in [0.05, 0.1) is 10.0 Å². The highest BCUT2D eigenvalue weighted by Gasteiger charge is 2.15. The Hall–Kier alpha value is 0.110. The minimum Gasteiger partial charge on any atom is -0.309 e. The molecule has 4 heteroatoms. The minimum atomic E-state index is 0.630. The first kappa shape index (κ1) is 11.6. The molecule has 0 radical (unpaired) electrons. The summed E-state index contributed by atoms with van der Waals surface area (Å²) >= 11 is 14.1. The van der Waals surface area contributed by atoms with E-state index in [1.54, 1.807) is 0 Å². The van der Waals surface area contributed by atoms with Crippen LogP contribution in [0.25, 0.3) is 0 Å². The molecule has 0 aliphatic carbocycles. The van der Waals surface area contributed by atoms with Crippen molar-refractivity contribution in [3.8, 4) is 0 Å². The molecule has 1 heterocycles. The van der Waals surface area contributed by atoms with Gasteiger partial charge in [0.25, 0.3) is 0 Å². The molecule has 1 fully saturated rings. The van der Waals surface area contributed by atoms with E-state index in [1.165, 1.54) is 17.9 Å². The molecule has 0 bridgehead atoms. The van der Waals surface area contributed by atoms with Crippen LogP contribution >= 0.6 is 35.0 Å². The van der Waals surface area contributed by atoms with Crippen molar-refractivity contribution in [3.05, 3.63) is 33.8 Å². The Morgan fingerprint density at radius 2 is 2.27 bits per heavy atom. The summed E-state index contributed by atoms with van der Waals surface area (Å²) in [6, 6.07) is 6.40. The van der Waals surface area contributed by atoms with Crippen LogP contribution in [-0.2, 0) is 6.54 Å². The molecule has 1 atom stereocenters. The average molecular weight is 262 g/mol. The second-order valence-electron chi connectivity index (χ2n) is 3.65. The lowest BCUT2D eigenvalue weighted by atomic mass is 10.2. The van der Waals surface area contributed by atoms with Gasteiger partial charge in [-0.05, 0) is 23.8 Å². The maximum absolute atomic E-state index is 6.10. The van der Waals surface area contributed by atoms with Crippen LogP contribution in [0.2, 0.25) is 10.0 Å². The Morgan fingerprint density at radius 3 is 3.00 bits per heavy atom. The van der Waals surface area contributed by atoms with Crippen molar-refractivity contribution >= 4 is 35.0 Å². The molecule has 1 aliphatic heterocycles. The Morgan fingerprint density at radius 1 is 1.40 bits per heavy atom. The highest BCUT2D eigenvalue weighted by atomic mass is 35.5. The second kappa shape index (κ2) is 5.44. The molecule has 1 aromatic rings. The van der Waals surface area contributed by atoms with E-state index >= 15 is 0 Å². The number of hydrogen-bond donors (Lipinski definition) is 1. The van der Waals surface area contributed by atoms with Crippen LogP contribution < -0.4 is 5.32 Å². The molecule has 0 saturated carbocycles. The van der Waals surface area contributed by atoms with E-state index in [0.29, 0.717) is 16.1 Å². The van der Waals surface area contributed by atoms with E-state index in [1.807, 2.05) is 30.0 Å². The summed E-state index contributed by atoms with van der Waals surface area (Å²) in [6.45, 7) is 0.810. The standard InChI is InChI=1S/C11H13Cl2NS/c12-10-3-1-2-8(11(10)13)6-14-9-4-5-15-7-9/h1-3,9,14H,4-7H2. The fraction of sp³-hybridized carbons (Fsp3) is 0.455. The molecule has 1 nitrogen and oxygen atoms in total. The minimum absolute atomic E-state index is 0.630. The van der Waals surface area contributed by atoms with Gasteiger partial charge in [0.1, 0.15) is 0 Å². The largest absolute Gasteiger partial charge is 0.309 e. The van der Waals surface area contributed by atoms with Gasteiger partial charge in [-0.2, -0.15) is 11.8 Å². The lowest BCUT2D eigenvalue weighted by Crippen LogP contribution is -2.28. The van der Waals surface area contributed by atoms with Crippen molar-refractivity contribution < 1.29 is 0 Å². The third-order valence-corrected chi connectivity index (χ3v) is 4.56. The zero-order chi connectivity index (χ0) is 10.7. The molecule has 1 unspecified atom stereocenters. The highest BCUT2D eigenvalue weighted by Crippen LogP contribution is 2.26. The van der Waals surface area contributed by atoms with Gasteiger partial charge in [-0.3, -0.25) is 0 Å². The van der Waals surface area contributed by atoms with E-state index in [0.717, 1.165) is 12.1 Å². The zero-order valence-corrected chi connectivity index (χ0v) is 10.6. The number of nitrogens with one attached hydrogen (secondary N) is 1. The smallest absolute Gasteiger partial charge is 0.0637 e. The Labute approximate surface area is 105 Å². The average Bonchev–Trinajstić information content (AvgIpc) is 2.73. The van der Waals surface area contributed by atoms with Crippen LogP contribution in [0.4, 0.5) is 0 Å². The first-order valence-electron chi connectivity index (χ1n) is 5.01. The Kier molecular flexibility index (Phi) is 4.21. The van der Waals surface area contributed by atoms with Crippen LogP contribution in [0.15, 0.2) is 18.2 Å². The number of hydrogen-bond acceptors (Lipinski definition) is 2. The van der Waals surface area contributed by atoms with Crippen molar-refractivity contribution in [1.29, 1.82) is 0 Å². The topological polar surface area (TPSA) is 12.0 Å². The number of halogens is 2. The summed E-state index contributed by atoms with van der Waals surface area (Å²) in [7, 11) is 0. The van der Waals surface area contributed by atoms with E-state index in [9.17, 15) is 0 Å². The van der Waals surface area contributed by atoms with Crippen LogP contribution in [0.5, 0.6) is 0 Å². The maximum Gasteiger partial charge on any atom is 0.0637 e. The predicted molar refractivity (Wildman–Crippen MR) is 69.0 cm³/mol. The summed E-state index contributed by atoms with van der Waals surface area (Å²) in [6.07, 6.45) is 1.25. The fourth-order valence-corrected chi connectivity index (χ4v) is 3.21. The van der Waals surface area contributed by atoms with E-state index < -0.39 is 0 Å². The SMILES string of the molecule is Clc1cccc(CNC2CCSC2)c1Cl. The molecule has 0 aromatic heterocycles. The van der Waals surface area contributed by atoms with Gasteiger partial charge in [-0.15, -0.1) is 0 Å². The van der Waals surface area contributed by atoms with E-state index in [2.05, 4.69) is 5.32 Å². The van der Waals surface area contributed by atoms with Gasteiger partial charge in [0, 0.05) is 18.3 Å². The molecule has 82 valence electrons. The normalized spacial score (nSPS) is 20.8. The monoisotopic (exact) mass is 261 g/mol. The fourth-order valence-electron chi connectivity index (χ4n) is 1.63. The summed E-state index contributed by atoms with van der Waals surface area (Å²) < 4.78 is 0. The van der Waals surface area contributed by atoms with Gasteiger partial charge in [0.2, 0.25) is 0 Å². The molecular weight excluding hydrogens is 249 g/mol. The lowest BCUT2D eigenvalue weighted by Gasteiger charge is -2.12. The van der Waals surface area contributed by atoms with Gasteiger partial charge in [-0.25, -0.2) is 0 Å². The molecule has 1 aliphatic rings. The molecule has 15 heavy (non-hydrogen) atoms. The first-order valence-corrected chi connectivity index (χ1v) is 6.92. The lowest BCUT2D eigenvalue weighted by molar-refractivity contribution is 0.558. The molecule has 0 amide bonds. The summed E-state index contributed by atoms with van der Waals surface area (Å²) in [4.78, 5) is 0. The van der Waals surface area contributed by atoms with Crippen molar-refractivity contribution in [3.63, 3.8) is 0 Å². The van der Waals surface area contributed by atoms with Gasteiger partial charge in [0.15, 0.2) is 0 Å². The molecule has 1 saturated heterocycles. The van der Waals surface area contributed by atoms with Crippen LogP contribution in [0, 0.1) is 0 Å².